The number of nitrogens with zero attached hydrogens (tertiary/aromatic N) is 5. The Morgan fingerprint density at radius 3 is 3.07 bits per heavy atom. The number of fused-ring (bicyclic) bond motifs is 1. The minimum Gasteiger partial charge on any atom is -0.330 e. The van der Waals surface area contributed by atoms with E-state index in [1.54, 1.807) is 24.4 Å². The Morgan fingerprint density at radius 2 is 2.27 bits per heavy atom. The molecule has 0 bridgehead atoms. The maximum Gasteiger partial charge on any atom is 0.181 e. The van der Waals surface area contributed by atoms with Crippen LogP contribution in [-0.4, -0.2) is 36.9 Å². The lowest BCUT2D eigenvalue weighted by molar-refractivity contribution is 0.943. The Hall–Kier alpha value is -1.43. The van der Waals surface area contributed by atoms with E-state index in [2.05, 4.69) is 19.9 Å². The van der Waals surface area contributed by atoms with Crippen molar-refractivity contribution in [2.75, 3.05) is 12.3 Å². The van der Waals surface area contributed by atoms with Crippen LogP contribution in [0.25, 0.3) is 11.2 Å². The van der Waals surface area contributed by atoms with Crippen LogP contribution in [0.2, 0.25) is 0 Å². The van der Waals surface area contributed by atoms with Gasteiger partial charge in [0.1, 0.15) is 22.6 Å². The molecule has 3 heterocycles. The summed E-state index contributed by atoms with van der Waals surface area (Å²) >= 11 is 1.74. The molecule has 0 N–H and O–H groups in total. The highest BCUT2D eigenvalue weighted by Crippen LogP contribution is 2.22. The fourth-order valence-electron chi connectivity index (χ4n) is 1.62. The smallest absolute Gasteiger partial charge is 0.181 e. The lowest BCUT2D eigenvalue weighted by Gasteiger charge is -2.01. The van der Waals surface area contributed by atoms with Gasteiger partial charge in [0.2, 0.25) is 0 Å². The molecule has 0 atom stereocenters. The van der Waals surface area contributed by atoms with Crippen molar-refractivity contribution in [3.05, 3.63) is 18.3 Å². The predicted octanol–water partition coefficient (Wildman–Crippen LogP) is 0.857. The van der Waals surface area contributed by atoms with Crippen LogP contribution in [0.1, 0.15) is 5.69 Å². The van der Waals surface area contributed by atoms with E-state index in [-0.39, 0.29) is 0 Å². The second kappa shape index (κ2) is 3.30. The number of imidazole rings is 1. The number of aliphatic imine (C=N–C) groups is 1. The Labute approximate surface area is 90.7 Å². The zero-order chi connectivity index (χ0) is 10.3. The van der Waals surface area contributed by atoms with Crippen LogP contribution in [0.5, 0.6) is 0 Å². The van der Waals surface area contributed by atoms with E-state index in [1.165, 1.54) is 0 Å². The van der Waals surface area contributed by atoms with Gasteiger partial charge in [-0.05, 0) is 0 Å². The highest BCUT2D eigenvalue weighted by molar-refractivity contribution is 8.14. The Balaban J connectivity index is 2.29. The van der Waals surface area contributed by atoms with Crippen molar-refractivity contribution in [2.45, 2.75) is 0 Å². The predicted molar refractivity (Wildman–Crippen MR) is 60.2 cm³/mol. The van der Waals surface area contributed by atoms with E-state index in [1.807, 2.05) is 11.6 Å². The van der Waals surface area contributed by atoms with Crippen LogP contribution in [0.15, 0.2) is 17.6 Å². The van der Waals surface area contributed by atoms with Crippen molar-refractivity contribution < 1.29 is 0 Å². The maximum absolute atomic E-state index is 4.42. The van der Waals surface area contributed by atoms with Gasteiger partial charge in [-0.15, -0.1) is 11.8 Å². The quantitative estimate of drug-likeness (QED) is 0.713. The van der Waals surface area contributed by atoms with Crippen LogP contribution in [0, 0.1) is 0 Å². The second-order valence-corrected chi connectivity index (χ2v) is 4.37. The molecule has 2 aromatic heterocycles. The summed E-state index contributed by atoms with van der Waals surface area (Å²) in [7, 11) is 1.95. The number of aryl methyl sites for hydroxylation is 1. The summed E-state index contributed by atoms with van der Waals surface area (Å²) in [6.45, 7) is 0.878. The third-order valence-electron chi connectivity index (χ3n) is 2.30. The van der Waals surface area contributed by atoms with Crippen molar-refractivity contribution in [3.8, 4) is 0 Å². The van der Waals surface area contributed by atoms with Gasteiger partial charge in [-0.3, -0.25) is 4.99 Å². The molecule has 76 valence electrons. The van der Waals surface area contributed by atoms with Gasteiger partial charge in [0.05, 0.1) is 6.33 Å². The van der Waals surface area contributed by atoms with Crippen molar-refractivity contribution in [1.29, 1.82) is 0 Å². The number of thioether (sulfide) groups is 1. The summed E-state index contributed by atoms with van der Waals surface area (Å²) in [6.07, 6.45) is 3.30. The molecule has 0 radical (unpaired) electrons. The lowest BCUT2D eigenvalue weighted by atomic mass is 10.4. The molecule has 6 heteroatoms. The fraction of sp³-hybridized carbons (Fsp3) is 0.333. The van der Waals surface area contributed by atoms with E-state index >= 15 is 0 Å². The van der Waals surface area contributed by atoms with Crippen LogP contribution in [-0.2, 0) is 7.05 Å². The minimum absolute atomic E-state index is 0.734. The molecule has 0 amide bonds. The zero-order valence-corrected chi connectivity index (χ0v) is 9.03. The van der Waals surface area contributed by atoms with E-state index in [9.17, 15) is 0 Å². The van der Waals surface area contributed by atoms with E-state index in [0.29, 0.717) is 0 Å². The average Bonchev–Trinajstić information content (AvgIpc) is 2.88. The molecule has 0 saturated carbocycles. The van der Waals surface area contributed by atoms with Gasteiger partial charge in [0.25, 0.3) is 0 Å². The van der Waals surface area contributed by atoms with Gasteiger partial charge in [0, 0.05) is 19.3 Å². The highest BCUT2D eigenvalue weighted by Gasteiger charge is 2.17. The molecular formula is C9H9N5S. The molecule has 0 unspecified atom stereocenters. The molecule has 1 aliphatic heterocycles. The maximum atomic E-state index is 4.42. The lowest BCUT2D eigenvalue weighted by Crippen LogP contribution is -2.01. The topological polar surface area (TPSA) is 56.0 Å². The zero-order valence-electron chi connectivity index (χ0n) is 8.21. The van der Waals surface area contributed by atoms with Crippen molar-refractivity contribution in [3.63, 3.8) is 0 Å². The third-order valence-corrected chi connectivity index (χ3v) is 3.28. The number of hydrogen-bond donors (Lipinski definition) is 0. The van der Waals surface area contributed by atoms with E-state index in [4.69, 9.17) is 0 Å². The van der Waals surface area contributed by atoms with Crippen LogP contribution in [0.3, 0.4) is 0 Å². The van der Waals surface area contributed by atoms with Gasteiger partial charge in [0.15, 0.2) is 5.65 Å². The van der Waals surface area contributed by atoms with Crippen molar-refractivity contribution >= 4 is 28.0 Å². The Bertz CT molecular complexity index is 544. The van der Waals surface area contributed by atoms with Gasteiger partial charge in [-0.25, -0.2) is 15.0 Å². The van der Waals surface area contributed by atoms with Gasteiger partial charge < -0.3 is 4.57 Å². The second-order valence-electron chi connectivity index (χ2n) is 3.29. The normalized spacial score (nSPS) is 15.9. The summed E-state index contributed by atoms with van der Waals surface area (Å²) in [5.41, 5.74) is 2.60. The molecule has 0 fully saturated rings. The summed E-state index contributed by atoms with van der Waals surface area (Å²) < 4.78 is 1.94. The van der Waals surface area contributed by atoms with Crippen LogP contribution >= 0.6 is 11.8 Å². The van der Waals surface area contributed by atoms with Crippen molar-refractivity contribution in [2.24, 2.45) is 12.0 Å². The molecule has 0 spiro atoms. The average molecular weight is 219 g/mol. The molecule has 3 rings (SSSR count). The minimum atomic E-state index is 0.734. The van der Waals surface area contributed by atoms with Crippen LogP contribution < -0.4 is 0 Å². The molecule has 15 heavy (non-hydrogen) atoms. The summed E-state index contributed by atoms with van der Waals surface area (Å²) in [5, 5.41) is 1.01. The largest absolute Gasteiger partial charge is 0.330 e. The van der Waals surface area contributed by atoms with Gasteiger partial charge in [-0.1, -0.05) is 0 Å². The Morgan fingerprint density at radius 1 is 1.33 bits per heavy atom. The fourth-order valence-corrected chi connectivity index (χ4v) is 2.47. The monoisotopic (exact) mass is 219 g/mol. The molecule has 5 nitrogen and oxygen atoms in total. The first-order chi connectivity index (χ1) is 7.36. The molecule has 0 aromatic carbocycles. The highest BCUT2D eigenvalue weighted by atomic mass is 32.2. The molecule has 0 aliphatic carbocycles. The number of hydrogen-bond acceptors (Lipinski definition) is 5. The number of rotatable bonds is 1. The van der Waals surface area contributed by atoms with Gasteiger partial charge in [-0.2, -0.15) is 0 Å². The Kier molecular flexibility index (Phi) is 1.95. The van der Waals surface area contributed by atoms with Gasteiger partial charge >= 0.3 is 0 Å². The SMILES string of the molecule is Cn1cnc2ncnc(C3=NCCS3)c21. The third kappa shape index (κ3) is 1.32. The first-order valence-corrected chi connectivity index (χ1v) is 5.64. The summed E-state index contributed by atoms with van der Waals surface area (Å²) in [4.78, 5) is 17.0. The molecule has 1 aliphatic rings. The van der Waals surface area contributed by atoms with Crippen LogP contribution in [0.4, 0.5) is 0 Å². The number of aromatic nitrogens is 4. The van der Waals surface area contributed by atoms with Crippen molar-refractivity contribution in [1.82, 2.24) is 19.5 Å². The standard InChI is InChI=1S/C9H9N5S/c1-14-5-13-8-7(14)6(11-4-12-8)9-10-2-3-15-9/h4-5H,2-3H2,1H3. The molecular weight excluding hydrogens is 210 g/mol. The first kappa shape index (κ1) is 8.84. The van der Waals surface area contributed by atoms with E-state index < -0.39 is 0 Å². The summed E-state index contributed by atoms with van der Waals surface area (Å²) in [5.74, 6) is 1.04. The summed E-state index contributed by atoms with van der Waals surface area (Å²) in [6, 6.07) is 0. The molecule has 2 aromatic rings. The first-order valence-electron chi connectivity index (χ1n) is 4.66. The van der Waals surface area contributed by atoms with E-state index in [0.717, 1.165) is 34.2 Å². The molecule has 0 saturated heterocycles.